The van der Waals surface area contributed by atoms with E-state index < -0.39 is 18.6 Å². The van der Waals surface area contributed by atoms with Crippen molar-refractivity contribution < 1.29 is 13.2 Å². The fourth-order valence-corrected chi connectivity index (χ4v) is 0.978. The molecule has 1 atom stereocenters. The second-order valence-electron chi connectivity index (χ2n) is 2.71. The van der Waals surface area contributed by atoms with Gasteiger partial charge in [-0.1, -0.05) is 0 Å². The lowest BCUT2D eigenvalue weighted by molar-refractivity contribution is -0.138. The van der Waals surface area contributed by atoms with E-state index in [1.807, 2.05) is 0 Å². The molecule has 1 rings (SSSR count). The Hall–Kier alpha value is -0.810. The molecule has 2 N–H and O–H groups in total. The van der Waals surface area contributed by atoms with Crippen molar-refractivity contribution in [3.8, 4) is 0 Å². The third-order valence-electron chi connectivity index (χ3n) is 1.59. The maximum absolute atomic E-state index is 11.9. The molecule has 0 radical (unpaired) electrons. The minimum Gasteiger partial charge on any atom is -0.324 e. The number of halogens is 4. The van der Waals surface area contributed by atoms with Gasteiger partial charge in [-0.3, -0.25) is 4.98 Å². The molecule has 0 saturated heterocycles. The van der Waals surface area contributed by atoms with Crippen LogP contribution in [0.1, 0.15) is 18.0 Å². The van der Waals surface area contributed by atoms with Crippen LogP contribution in [0.4, 0.5) is 13.2 Å². The molecular formula is C8H10ClF3N2. The van der Waals surface area contributed by atoms with E-state index in [4.69, 9.17) is 5.73 Å². The Morgan fingerprint density at radius 3 is 2.21 bits per heavy atom. The molecule has 0 aromatic carbocycles. The summed E-state index contributed by atoms with van der Waals surface area (Å²) in [5, 5.41) is 0. The Morgan fingerprint density at radius 1 is 1.29 bits per heavy atom. The normalized spacial score (nSPS) is 13.1. The highest BCUT2D eigenvalue weighted by molar-refractivity contribution is 5.85. The van der Waals surface area contributed by atoms with Gasteiger partial charge in [-0.2, -0.15) is 13.2 Å². The predicted molar refractivity (Wildman–Crippen MR) is 49.1 cm³/mol. The summed E-state index contributed by atoms with van der Waals surface area (Å²) in [7, 11) is 0. The summed E-state index contributed by atoms with van der Waals surface area (Å²) < 4.78 is 35.7. The van der Waals surface area contributed by atoms with E-state index >= 15 is 0 Å². The van der Waals surface area contributed by atoms with Crippen molar-refractivity contribution in [3.05, 3.63) is 30.1 Å². The molecule has 0 amide bonds. The first-order valence-corrected chi connectivity index (χ1v) is 3.71. The molecule has 0 unspecified atom stereocenters. The van der Waals surface area contributed by atoms with Crippen LogP contribution in [-0.4, -0.2) is 11.2 Å². The standard InChI is InChI=1S/C8H9F3N2.ClH/c9-8(10,11)5-7(12)6-1-3-13-4-2-6;/h1-4,7H,5,12H2;1H/t7-;/m1./s1. The van der Waals surface area contributed by atoms with Crippen molar-refractivity contribution in [2.75, 3.05) is 0 Å². The number of nitrogens with two attached hydrogens (primary N) is 1. The summed E-state index contributed by atoms with van der Waals surface area (Å²) in [6.07, 6.45) is -2.38. The molecule has 0 spiro atoms. The summed E-state index contributed by atoms with van der Waals surface area (Å²) in [6, 6.07) is 1.97. The second kappa shape index (κ2) is 5.17. The topological polar surface area (TPSA) is 38.9 Å². The van der Waals surface area contributed by atoms with Gasteiger partial charge in [-0.15, -0.1) is 12.4 Å². The van der Waals surface area contributed by atoms with Crippen molar-refractivity contribution in [3.63, 3.8) is 0 Å². The molecule has 14 heavy (non-hydrogen) atoms. The van der Waals surface area contributed by atoms with Gasteiger partial charge in [0.05, 0.1) is 6.42 Å². The highest BCUT2D eigenvalue weighted by atomic mass is 35.5. The summed E-state index contributed by atoms with van der Waals surface area (Å²) in [5.74, 6) is 0. The van der Waals surface area contributed by atoms with Crippen LogP contribution >= 0.6 is 12.4 Å². The van der Waals surface area contributed by atoms with Crippen LogP contribution in [0.2, 0.25) is 0 Å². The van der Waals surface area contributed by atoms with Gasteiger partial charge in [-0.05, 0) is 17.7 Å². The maximum Gasteiger partial charge on any atom is 0.390 e. The van der Waals surface area contributed by atoms with E-state index in [2.05, 4.69) is 4.98 Å². The van der Waals surface area contributed by atoms with Crippen molar-refractivity contribution in [2.24, 2.45) is 5.73 Å². The van der Waals surface area contributed by atoms with Gasteiger partial charge in [0.15, 0.2) is 0 Å². The highest BCUT2D eigenvalue weighted by Crippen LogP contribution is 2.27. The first kappa shape index (κ1) is 13.2. The lowest BCUT2D eigenvalue weighted by atomic mass is 10.1. The van der Waals surface area contributed by atoms with E-state index in [1.54, 1.807) is 0 Å². The fraction of sp³-hybridized carbons (Fsp3) is 0.375. The molecule has 6 heteroatoms. The smallest absolute Gasteiger partial charge is 0.324 e. The first-order chi connectivity index (χ1) is 5.99. The third kappa shape index (κ3) is 4.43. The molecule has 0 aliphatic rings. The first-order valence-electron chi connectivity index (χ1n) is 3.71. The number of nitrogens with zero attached hydrogens (tertiary/aromatic N) is 1. The largest absolute Gasteiger partial charge is 0.390 e. The Morgan fingerprint density at radius 2 is 1.79 bits per heavy atom. The second-order valence-corrected chi connectivity index (χ2v) is 2.71. The average molecular weight is 227 g/mol. The minimum atomic E-state index is -4.22. The van der Waals surface area contributed by atoms with E-state index in [9.17, 15) is 13.2 Å². The zero-order chi connectivity index (χ0) is 9.90. The Bertz CT molecular complexity index is 263. The lowest BCUT2D eigenvalue weighted by Gasteiger charge is -2.13. The van der Waals surface area contributed by atoms with Crippen molar-refractivity contribution >= 4 is 12.4 Å². The number of aromatic nitrogens is 1. The molecule has 1 aromatic heterocycles. The predicted octanol–water partition coefficient (Wildman–Crippen LogP) is 2.46. The number of rotatable bonds is 2. The number of hydrogen-bond donors (Lipinski definition) is 1. The zero-order valence-electron chi connectivity index (χ0n) is 7.16. The maximum atomic E-state index is 11.9. The van der Waals surface area contributed by atoms with Crippen LogP contribution in [0.25, 0.3) is 0 Å². The molecule has 2 nitrogen and oxygen atoms in total. The molecule has 0 aliphatic carbocycles. The average Bonchev–Trinajstić information content (AvgIpc) is 2.03. The van der Waals surface area contributed by atoms with E-state index in [1.165, 1.54) is 24.5 Å². The highest BCUT2D eigenvalue weighted by Gasteiger charge is 2.30. The summed E-state index contributed by atoms with van der Waals surface area (Å²) in [6.45, 7) is 0. The van der Waals surface area contributed by atoms with Gasteiger partial charge >= 0.3 is 6.18 Å². The third-order valence-corrected chi connectivity index (χ3v) is 1.59. The Labute approximate surface area is 85.7 Å². The SMILES string of the molecule is Cl.N[C@H](CC(F)(F)F)c1ccncc1. The van der Waals surface area contributed by atoms with Crippen LogP contribution in [0.3, 0.4) is 0 Å². The van der Waals surface area contributed by atoms with Crippen LogP contribution in [0, 0.1) is 0 Å². The monoisotopic (exact) mass is 226 g/mol. The number of hydrogen-bond acceptors (Lipinski definition) is 2. The lowest BCUT2D eigenvalue weighted by Crippen LogP contribution is -2.20. The summed E-state index contributed by atoms with van der Waals surface area (Å²) >= 11 is 0. The molecule has 0 saturated carbocycles. The van der Waals surface area contributed by atoms with E-state index in [0.29, 0.717) is 5.56 Å². The van der Waals surface area contributed by atoms with Crippen molar-refractivity contribution in [1.82, 2.24) is 4.98 Å². The zero-order valence-corrected chi connectivity index (χ0v) is 7.98. The van der Waals surface area contributed by atoms with Crippen LogP contribution < -0.4 is 5.73 Å². The molecule has 0 bridgehead atoms. The van der Waals surface area contributed by atoms with Gasteiger partial charge in [0.25, 0.3) is 0 Å². The molecule has 1 heterocycles. The molecular weight excluding hydrogens is 217 g/mol. The van der Waals surface area contributed by atoms with Gasteiger partial charge in [0, 0.05) is 18.4 Å². The van der Waals surface area contributed by atoms with Gasteiger partial charge in [0.1, 0.15) is 0 Å². The number of pyridine rings is 1. The number of alkyl halides is 3. The summed E-state index contributed by atoms with van der Waals surface area (Å²) in [4.78, 5) is 3.69. The van der Waals surface area contributed by atoms with Crippen LogP contribution in [-0.2, 0) is 0 Å². The molecule has 0 aliphatic heterocycles. The van der Waals surface area contributed by atoms with Gasteiger partial charge in [0.2, 0.25) is 0 Å². The van der Waals surface area contributed by atoms with Gasteiger partial charge < -0.3 is 5.73 Å². The summed E-state index contributed by atoms with van der Waals surface area (Å²) in [5.41, 5.74) is 5.78. The fourth-order valence-electron chi connectivity index (χ4n) is 0.978. The Kier molecular flexibility index (Phi) is 4.87. The quantitative estimate of drug-likeness (QED) is 0.841. The van der Waals surface area contributed by atoms with Gasteiger partial charge in [-0.25, -0.2) is 0 Å². The van der Waals surface area contributed by atoms with Crippen molar-refractivity contribution in [1.29, 1.82) is 0 Å². The van der Waals surface area contributed by atoms with Crippen LogP contribution in [0.15, 0.2) is 24.5 Å². The van der Waals surface area contributed by atoms with Crippen LogP contribution in [0.5, 0.6) is 0 Å². The molecule has 80 valence electrons. The molecule has 0 fully saturated rings. The minimum absolute atomic E-state index is 0. The molecule has 1 aromatic rings. The van der Waals surface area contributed by atoms with E-state index in [-0.39, 0.29) is 12.4 Å². The van der Waals surface area contributed by atoms with Crippen molar-refractivity contribution in [2.45, 2.75) is 18.6 Å². The Balaban J connectivity index is 0.00000169. The van der Waals surface area contributed by atoms with E-state index in [0.717, 1.165) is 0 Å².